The van der Waals surface area contributed by atoms with Crippen molar-refractivity contribution in [3.63, 3.8) is 0 Å². The smallest absolute Gasteiger partial charge is 0.328 e. The van der Waals surface area contributed by atoms with Gasteiger partial charge in [0.25, 0.3) is 0 Å². The molecule has 5 heteroatoms. The molecule has 0 aliphatic heterocycles. The van der Waals surface area contributed by atoms with Crippen LogP contribution in [0.2, 0.25) is 0 Å². The van der Waals surface area contributed by atoms with Crippen molar-refractivity contribution in [1.29, 1.82) is 0 Å². The highest BCUT2D eigenvalue weighted by molar-refractivity contribution is 9.10. The average Bonchev–Trinajstić information content (AvgIpc) is 2.29. The average molecular weight is 317 g/mol. The third kappa shape index (κ3) is 5.28. The van der Waals surface area contributed by atoms with Gasteiger partial charge in [0.15, 0.2) is 0 Å². The zero-order chi connectivity index (χ0) is 12.7. The van der Waals surface area contributed by atoms with Gasteiger partial charge in [0.05, 0.1) is 11.1 Å². The predicted octanol–water partition coefficient (Wildman–Crippen LogP) is 3.29. The number of aliphatic carboxylic acids is 1. The molecule has 0 saturated heterocycles. The molecule has 1 rings (SSSR count). The van der Waals surface area contributed by atoms with Gasteiger partial charge in [-0.15, -0.1) is 0 Å². The number of thioether (sulfide) groups is 1. The van der Waals surface area contributed by atoms with Gasteiger partial charge in [-0.3, -0.25) is 0 Å². The molecule has 92 valence electrons. The molecule has 0 aliphatic carbocycles. The number of carbonyl (C=O) groups is 1. The molecule has 0 amide bonds. The third-order valence-corrected chi connectivity index (χ3v) is 3.11. The lowest BCUT2D eigenvalue weighted by Gasteiger charge is -2.07. The number of ether oxygens (including phenoxy) is 1. The molecule has 17 heavy (non-hydrogen) atoms. The number of halogens is 1. The Morgan fingerprint density at radius 2 is 2.35 bits per heavy atom. The maximum atomic E-state index is 10.4. The Kier molecular flexibility index (Phi) is 6.15. The van der Waals surface area contributed by atoms with Crippen molar-refractivity contribution >= 4 is 39.7 Å². The summed E-state index contributed by atoms with van der Waals surface area (Å²) >= 11 is 5.12. The van der Waals surface area contributed by atoms with E-state index in [2.05, 4.69) is 15.9 Å². The molecule has 1 aromatic carbocycles. The van der Waals surface area contributed by atoms with Crippen molar-refractivity contribution < 1.29 is 14.6 Å². The number of rotatable bonds is 6. The van der Waals surface area contributed by atoms with E-state index >= 15 is 0 Å². The lowest BCUT2D eigenvalue weighted by atomic mass is 10.2. The normalized spacial score (nSPS) is 10.7. The van der Waals surface area contributed by atoms with Crippen molar-refractivity contribution in [1.82, 2.24) is 0 Å². The summed E-state index contributed by atoms with van der Waals surface area (Å²) in [6.07, 6.45) is 4.67. The first kappa shape index (κ1) is 14.1. The minimum absolute atomic E-state index is 0.657. The molecule has 0 fully saturated rings. The van der Waals surface area contributed by atoms with Crippen LogP contribution in [0, 0.1) is 0 Å². The van der Waals surface area contributed by atoms with Gasteiger partial charge in [-0.05, 0) is 46.0 Å². The summed E-state index contributed by atoms with van der Waals surface area (Å²) in [5.74, 6) is 0.751. The van der Waals surface area contributed by atoms with Crippen LogP contribution in [0.15, 0.2) is 28.7 Å². The molecule has 0 aromatic heterocycles. The molecule has 3 nitrogen and oxygen atoms in total. The molecule has 1 N–H and O–H groups in total. The molecule has 0 heterocycles. The van der Waals surface area contributed by atoms with Gasteiger partial charge in [0, 0.05) is 11.8 Å². The molecule has 0 radical (unpaired) electrons. The zero-order valence-corrected chi connectivity index (χ0v) is 11.8. The van der Waals surface area contributed by atoms with Crippen LogP contribution in [0.3, 0.4) is 0 Å². The molecule has 0 bridgehead atoms. The highest BCUT2D eigenvalue weighted by Crippen LogP contribution is 2.26. The Bertz CT molecular complexity index is 418. The van der Waals surface area contributed by atoms with Gasteiger partial charge in [0.2, 0.25) is 0 Å². The lowest BCUT2D eigenvalue weighted by molar-refractivity contribution is -0.131. The van der Waals surface area contributed by atoms with E-state index in [1.54, 1.807) is 17.8 Å². The fourth-order valence-corrected chi connectivity index (χ4v) is 1.90. The van der Waals surface area contributed by atoms with Gasteiger partial charge in [-0.25, -0.2) is 4.79 Å². The van der Waals surface area contributed by atoms with Crippen molar-refractivity contribution in [3.05, 3.63) is 34.3 Å². The highest BCUT2D eigenvalue weighted by Gasteiger charge is 2.01. The van der Waals surface area contributed by atoms with E-state index in [4.69, 9.17) is 9.84 Å². The summed E-state index contributed by atoms with van der Waals surface area (Å²) in [6, 6.07) is 5.47. The minimum Gasteiger partial charge on any atom is -0.492 e. The second-order valence-corrected chi connectivity index (χ2v) is 5.04. The van der Waals surface area contributed by atoms with E-state index in [0.717, 1.165) is 27.6 Å². The first-order valence-corrected chi connectivity index (χ1v) is 7.14. The van der Waals surface area contributed by atoms with E-state index in [1.165, 1.54) is 0 Å². The maximum absolute atomic E-state index is 10.4. The molecule has 0 saturated carbocycles. The van der Waals surface area contributed by atoms with Crippen LogP contribution in [0.5, 0.6) is 5.75 Å². The SMILES string of the molecule is CSCCOc1ccc(/C=C/C(=O)O)cc1Br. The summed E-state index contributed by atoms with van der Waals surface area (Å²) < 4.78 is 6.37. The van der Waals surface area contributed by atoms with Gasteiger partial charge >= 0.3 is 5.97 Å². The summed E-state index contributed by atoms with van der Waals surface area (Å²) in [4.78, 5) is 10.4. The zero-order valence-electron chi connectivity index (χ0n) is 9.35. The van der Waals surface area contributed by atoms with Crippen molar-refractivity contribution in [2.24, 2.45) is 0 Å². The van der Waals surface area contributed by atoms with Crippen molar-refractivity contribution in [3.8, 4) is 5.75 Å². The Hall–Kier alpha value is -0.940. The third-order valence-electron chi connectivity index (χ3n) is 1.92. The molecule has 0 unspecified atom stereocenters. The molecular formula is C12H13BrO3S. The van der Waals surface area contributed by atoms with E-state index in [0.29, 0.717) is 6.61 Å². The quantitative estimate of drug-likeness (QED) is 0.646. The van der Waals surface area contributed by atoms with Gasteiger partial charge in [0.1, 0.15) is 5.75 Å². The van der Waals surface area contributed by atoms with Crippen LogP contribution in [0.1, 0.15) is 5.56 Å². The Morgan fingerprint density at radius 3 is 2.94 bits per heavy atom. The fourth-order valence-electron chi connectivity index (χ4n) is 1.14. The van der Waals surface area contributed by atoms with E-state index < -0.39 is 5.97 Å². The first-order chi connectivity index (χ1) is 8.13. The summed E-state index contributed by atoms with van der Waals surface area (Å²) in [5, 5.41) is 8.52. The Labute approximate surface area is 113 Å². The predicted molar refractivity (Wildman–Crippen MR) is 74.7 cm³/mol. The number of carboxylic acids is 1. The molecule has 0 atom stereocenters. The van der Waals surface area contributed by atoms with Gasteiger partial charge in [-0.1, -0.05) is 6.07 Å². The van der Waals surface area contributed by atoms with Gasteiger partial charge in [-0.2, -0.15) is 11.8 Å². The van der Waals surface area contributed by atoms with Crippen LogP contribution in [-0.2, 0) is 4.79 Å². The Morgan fingerprint density at radius 1 is 1.59 bits per heavy atom. The monoisotopic (exact) mass is 316 g/mol. The largest absolute Gasteiger partial charge is 0.492 e. The van der Waals surface area contributed by atoms with Gasteiger partial charge < -0.3 is 9.84 Å². The van der Waals surface area contributed by atoms with Crippen LogP contribution in [0.25, 0.3) is 6.08 Å². The first-order valence-electron chi connectivity index (χ1n) is 4.96. The molecular weight excluding hydrogens is 304 g/mol. The van der Waals surface area contributed by atoms with Crippen LogP contribution >= 0.6 is 27.7 Å². The van der Waals surface area contributed by atoms with Crippen LogP contribution in [-0.4, -0.2) is 29.7 Å². The summed E-state index contributed by atoms with van der Waals surface area (Å²) in [6.45, 7) is 0.657. The van der Waals surface area contributed by atoms with E-state index in [1.807, 2.05) is 24.5 Å². The number of hydrogen-bond donors (Lipinski definition) is 1. The highest BCUT2D eigenvalue weighted by atomic mass is 79.9. The summed E-state index contributed by atoms with van der Waals surface area (Å²) in [5.41, 5.74) is 0.816. The molecule has 0 aliphatic rings. The Balaban J connectivity index is 2.69. The summed E-state index contributed by atoms with van der Waals surface area (Å²) in [7, 11) is 0. The van der Waals surface area contributed by atoms with Crippen LogP contribution in [0.4, 0.5) is 0 Å². The van der Waals surface area contributed by atoms with Crippen LogP contribution < -0.4 is 4.74 Å². The minimum atomic E-state index is -0.957. The van der Waals surface area contributed by atoms with E-state index in [9.17, 15) is 4.79 Å². The standard InChI is InChI=1S/C12H13BrO3S/c1-17-7-6-16-11-4-2-9(8-10(11)13)3-5-12(14)15/h2-5,8H,6-7H2,1H3,(H,14,15)/b5-3+. The maximum Gasteiger partial charge on any atom is 0.328 e. The molecule has 1 aromatic rings. The fraction of sp³-hybridized carbons (Fsp3) is 0.250. The topological polar surface area (TPSA) is 46.5 Å². The lowest BCUT2D eigenvalue weighted by Crippen LogP contribution is -2.00. The van der Waals surface area contributed by atoms with Crippen molar-refractivity contribution in [2.75, 3.05) is 18.6 Å². The number of hydrogen-bond acceptors (Lipinski definition) is 3. The van der Waals surface area contributed by atoms with E-state index in [-0.39, 0.29) is 0 Å². The number of benzene rings is 1. The second kappa shape index (κ2) is 7.40. The molecule has 0 spiro atoms. The number of carboxylic acid groups (broad SMARTS) is 1. The van der Waals surface area contributed by atoms with Crippen molar-refractivity contribution in [2.45, 2.75) is 0 Å². The second-order valence-electron chi connectivity index (χ2n) is 3.20.